The van der Waals surface area contributed by atoms with Gasteiger partial charge in [-0.3, -0.25) is 9.59 Å². The van der Waals surface area contributed by atoms with Gasteiger partial charge in [-0.05, 0) is 89.9 Å². The zero-order valence-electron chi connectivity index (χ0n) is 45.2. The molecule has 0 aromatic heterocycles. The molecule has 0 aliphatic heterocycles. The van der Waals surface area contributed by atoms with Gasteiger partial charge in [-0.2, -0.15) is 0 Å². The number of likely N-dealkylation sites (N-methyl/N-ethyl adjacent to an activating group) is 1. The van der Waals surface area contributed by atoms with Crippen LogP contribution in [0.25, 0.3) is 0 Å². The summed E-state index contributed by atoms with van der Waals surface area (Å²) in [6, 6.07) is -0.736. The van der Waals surface area contributed by atoms with Gasteiger partial charge in [0, 0.05) is 19.3 Å². The Bertz CT molecular complexity index is 1400. The van der Waals surface area contributed by atoms with Crippen molar-refractivity contribution in [2.75, 3.05) is 41.0 Å². The van der Waals surface area contributed by atoms with Gasteiger partial charge in [0.25, 0.3) is 0 Å². The molecular formula is C61H105NO7. The van der Waals surface area contributed by atoms with E-state index in [0.717, 1.165) is 89.9 Å². The second-order valence-electron chi connectivity index (χ2n) is 19.8. The second kappa shape index (κ2) is 50.9. The Morgan fingerprint density at radius 2 is 0.812 bits per heavy atom. The van der Waals surface area contributed by atoms with Crippen LogP contribution in [-0.2, 0) is 28.6 Å². The van der Waals surface area contributed by atoms with Crippen molar-refractivity contribution in [3.63, 3.8) is 0 Å². The molecule has 0 heterocycles. The number of hydrogen-bond acceptors (Lipinski definition) is 7. The molecular weight excluding hydrogens is 859 g/mol. The van der Waals surface area contributed by atoms with Gasteiger partial charge in [0.1, 0.15) is 12.6 Å². The van der Waals surface area contributed by atoms with E-state index in [0.29, 0.717) is 12.8 Å². The molecule has 0 rings (SSSR count). The summed E-state index contributed by atoms with van der Waals surface area (Å²) >= 11 is 0. The van der Waals surface area contributed by atoms with Crippen molar-refractivity contribution in [2.24, 2.45) is 0 Å². The summed E-state index contributed by atoms with van der Waals surface area (Å²) in [5.74, 6) is -1.77. The summed E-state index contributed by atoms with van der Waals surface area (Å²) in [6.07, 6.45) is 67.6. The Balaban J connectivity index is 4.27. The minimum absolute atomic E-state index is 0.0269. The smallest absolute Gasteiger partial charge is 0.306 e. The monoisotopic (exact) mass is 964 g/mol. The number of allylic oxidation sites excluding steroid dienone is 14. The Morgan fingerprint density at radius 1 is 0.449 bits per heavy atom. The van der Waals surface area contributed by atoms with Crippen LogP contribution < -0.4 is 5.11 Å². The van der Waals surface area contributed by atoms with Gasteiger partial charge >= 0.3 is 11.9 Å². The summed E-state index contributed by atoms with van der Waals surface area (Å²) in [4.78, 5) is 37.1. The van der Waals surface area contributed by atoms with E-state index in [9.17, 15) is 19.5 Å². The van der Waals surface area contributed by atoms with Crippen molar-refractivity contribution in [3.05, 3.63) is 85.1 Å². The molecule has 8 heteroatoms. The fourth-order valence-electron chi connectivity index (χ4n) is 7.95. The number of carbonyl (C=O) groups is 3. The number of carboxylic acid groups (broad SMARTS) is 1. The molecule has 0 N–H and O–H groups in total. The van der Waals surface area contributed by atoms with Crippen LogP contribution in [0.2, 0.25) is 0 Å². The third-order valence-electron chi connectivity index (χ3n) is 12.3. The Morgan fingerprint density at radius 3 is 1.22 bits per heavy atom. The van der Waals surface area contributed by atoms with E-state index in [-0.39, 0.29) is 42.7 Å². The Kier molecular flexibility index (Phi) is 48.3. The lowest BCUT2D eigenvalue weighted by atomic mass is 10.0. The van der Waals surface area contributed by atoms with Crippen LogP contribution >= 0.6 is 0 Å². The molecule has 8 nitrogen and oxygen atoms in total. The Hall–Kier alpha value is -3.49. The zero-order chi connectivity index (χ0) is 50.6. The molecule has 0 spiro atoms. The summed E-state index contributed by atoms with van der Waals surface area (Å²) in [7, 11) is 5.41. The van der Waals surface area contributed by atoms with Gasteiger partial charge in [-0.1, -0.05) is 208 Å². The molecule has 0 aromatic carbocycles. The maximum atomic E-state index is 12.8. The predicted octanol–water partition coefficient (Wildman–Crippen LogP) is 15.5. The number of aliphatic carboxylic acids is 1. The van der Waals surface area contributed by atoms with Crippen molar-refractivity contribution in [1.29, 1.82) is 0 Å². The molecule has 2 unspecified atom stereocenters. The summed E-state index contributed by atoms with van der Waals surface area (Å²) in [5, 5.41) is 11.7. The SMILES string of the molecule is CC/C=C/C/C=C/C/C=C/C/C=C/C/C=C/C/C=C/CCCCCCC(=O)OCC(COCCC(C(=O)[O-])[N+](C)(C)C)OC(=O)CCCCCCCCC/C=C/CCCCCCCCCCCCC. The summed E-state index contributed by atoms with van der Waals surface area (Å²) < 4.78 is 17.3. The number of nitrogens with zero attached hydrogens (tertiary/aromatic N) is 1. The van der Waals surface area contributed by atoms with Crippen LogP contribution in [0, 0.1) is 0 Å². The van der Waals surface area contributed by atoms with Crippen LogP contribution in [0.15, 0.2) is 85.1 Å². The third kappa shape index (κ3) is 49.3. The van der Waals surface area contributed by atoms with E-state index in [4.69, 9.17) is 14.2 Å². The number of carbonyl (C=O) groups excluding carboxylic acids is 3. The molecule has 0 fully saturated rings. The number of unbranched alkanes of at least 4 members (excludes halogenated alkanes) is 22. The molecule has 0 amide bonds. The number of hydrogen-bond donors (Lipinski definition) is 0. The molecule has 0 radical (unpaired) electrons. The molecule has 0 bridgehead atoms. The minimum Gasteiger partial charge on any atom is -0.544 e. The van der Waals surface area contributed by atoms with E-state index < -0.39 is 18.1 Å². The van der Waals surface area contributed by atoms with Crippen molar-refractivity contribution in [3.8, 4) is 0 Å². The van der Waals surface area contributed by atoms with Crippen molar-refractivity contribution in [2.45, 2.75) is 244 Å². The standard InChI is InChI=1S/C61H105NO7/c1-6-8-10-12-14-16-18-20-22-24-26-28-30-32-33-35-37-39-41-43-45-47-49-51-59(63)68-56-57(55-67-54-53-58(61(65)66)62(3,4)5)69-60(64)52-50-48-46-44-42-40-38-36-34-31-29-27-25-23-21-19-17-15-13-11-9-7-2/h8,10,14,16,20,22,26,28,31-34,37,39,57-58H,6-7,9,11-13,15,17-19,21,23-25,27,29-30,35-36,38,40-56H2,1-5H3/b10-8+,16-14+,22-20+,28-26+,33-32+,34-31+,39-37+. The van der Waals surface area contributed by atoms with E-state index in [1.807, 2.05) is 0 Å². The lowest BCUT2D eigenvalue weighted by molar-refractivity contribution is -0.889. The zero-order valence-corrected chi connectivity index (χ0v) is 45.2. The highest BCUT2D eigenvalue weighted by Crippen LogP contribution is 2.15. The highest BCUT2D eigenvalue weighted by molar-refractivity contribution is 5.70. The number of ether oxygens (including phenoxy) is 3. The topological polar surface area (TPSA) is 102 Å². The van der Waals surface area contributed by atoms with Crippen molar-refractivity contribution < 1.29 is 38.2 Å². The fourth-order valence-corrected chi connectivity index (χ4v) is 7.95. The average Bonchev–Trinajstić information content (AvgIpc) is 3.31. The van der Waals surface area contributed by atoms with Gasteiger partial charge in [0.15, 0.2) is 6.10 Å². The number of quaternary nitrogens is 1. The second-order valence-corrected chi connectivity index (χ2v) is 19.8. The lowest BCUT2D eigenvalue weighted by Gasteiger charge is -2.34. The molecule has 0 saturated carbocycles. The molecule has 0 aliphatic carbocycles. The van der Waals surface area contributed by atoms with Gasteiger partial charge in [0.2, 0.25) is 0 Å². The third-order valence-corrected chi connectivity index (χ3v) is 12.3. The van der Waals surface area contributed by atoms with Crippen LogP contribution in [0.1, 0.15) is 232 Å². The normalized spacial score (nSPS) is 13.5. The quantitative estimate of drug-likeness (QED) is 0.0259. The van der Waals surface area contributed by atoms with Crippen LogP contribution in [0.4, 0.5) is 0 Å². The van der Waals surface area contributed by atoms with Crippen molar-refractivity contribution >= 4 is 17.9 Å². The largest absolute Gasteiger partial charge is 0.544 e. The summed E-state index contributed by atoms with van der Waals surface area (Å²) in [5.41, 5.74) is 0. The van der Waals surface area contributed by atoms with Crippen LogP contribution in [0.5, 0.6) is 0 Å². The molecule has 2 atom stereocenters. The fraction of sp³-hybridized carbons (Fsp3) is 0.721. The molecule has 0 aromatic rings. The van der Waals surface area contributed by atoms with Gasteiger partial charge in [-0.25, -0.2) is 0 Å². The van der Waals surface area contributed by atoms with Gasteiger partial charge < -0.3 is 28.6 Å². The highest BCUT2D eigenvalue weighted by atomic mass is 16.6. The molecule has 69 heavy (non-hydrogen) atoms. The molecule has 0 aliphatic rings. The van der Waals surface area contributed by atoms with Crippen LogP contribution in [0.3, 0.4) is 0 Å². The van der Waals surface area contributed by atoms with E-state index in [2.05, 4.69) is 98.9 Å². The average molecular weight is 965 g/mol. The minimum atomic E-state index is -1.13. The maximum Gasteiger partial charge on any atom is 0.306 e. The van der Waals surface area contributed by atoms with Crippen LogP contribution in [-0.4, -0.2) is 75.5 Å². The first-order valence-corrected chi connectivity index (χ1v) is 28.1. The predicted molar refractivity (Wildman–Crippen MR) is 291 cm³/mol. The summed E-state index contributed by atoms with van der Waals surface area (Å²) in [6.45, 7) is 4.54. The van der Waals surface area contributed by atoms with E-state index in [1.54, 1.807) is 21.1 Å². The number of esters is 2. The lowest BCUT2D eigenvalue weighted by Crippen LogP contribution is -2.55. The maximum absolute atomic E-state index is 12.8. The van der Waals surface area contributed by atoms with E-state index >= 15 is 0 Å². The van der Waals surface area contributed by atoms with Gasteiger partial charge in [0.05, 0.1) is 40.3 Å². The van der Waals surface area contributed by atoms with E-state index in [1.165, 1.54) is 109 Å². The Labute approximate surface area is 424 Å². The van der Waals surface area contributed by atoms with Gasteiger partial charge in [-0.15, -0.1) is 0 Å². The molecule has 0 saturated heterocycles. The first-order chi connectivity index (χ1) is 33.6. The first kappa shape index (κ1) is 65.5. The number of carboxylic acids is 1. The first-order valence-electron chi connectivity index (χ1n) is 28.1. The van der Waals surface area contributed by atoms with Crippen molar-refractivity contribution in [1.82, 2.24) is 0 Å². The number of rotatable bonds is 50. The molecule has 396 valence electrons. The highest BCUT2D eigenvalue weighted by Gasteiger charge is 2.25.